The first kappa shape index (κ1) is 28.2. The molecule has 0 saturated heterocycles. The SMILES string of the molecule is C=CC1=CC[C@@H](N(C2=CC[C@H](N3c4ccccc4C4=CC=CC[C@H]43)C=C2)C2=CC=C(n3c4c(c5ccccc53)CCC=C4)CC2)C=C1. The molecule has 0 unspecified atom stereocenters. The van der Waals surface area contributed by atoms with Gasteiger partial charge in [-0.05, 0) is 98.1 Å². The average molecular weight is 612 g/mol. The number of nitrogens with zero attached hydrogens (tertiary/aromatic N) is 3. The van der Waals surface area contributed by atoms with Gasteiger partial charge in [-0.1, -0.05) is 104 Å². The largest absolute Gasteiger partial charge is 0.357 e. The first-order valence-electron chi connectivity index (χ1n) is 17.4. The van der Waals surface area contributed by atoms with Gasteiger partial charge in [0, 0.05) is 39.4 Å². The third-order valence-corrected chi connectivity index (χ3v) is 10.9. The fraction of sp³-hybridized carbons (Fsp3) is 0.227. The quantitative estimate of drug-likeness (QED) is 0.275. The molecule has 0 radical (unpaired) electrons. The maximum Gasteiger partial charge on any atom is 0.0590 e. The molecule has 2 heterocycles. The molecular weight excluding hydrogens is 571 g/mol. The van der Waals surface area contributed by atoms with E-state index in [0.717, 1.165) is 44.9 Å². The Morgan fingerprint density at radius 1 is 0.809 bits per heavy atom. The van der Waals surface area contributed by atoms with Gasteiger partial charge in [0.15, 0.2) is 0 Å². The van der Waals surface area contributed by atoms with Crippen molar-refractivity contribution in [3.05, 3.63) is 168 Å². The van der Waals surface area contributed by atoms with Crippen molar-refractivity contribution in [1.29, 1.82) is 0 Å². The Balaban J connectivity index is 1.05. The van der Waals surface area contributed by atoms with Crippen molar-refractivity contribution >= 4 is 33.9 Å². The van der Waals surface area contributed by atoms with Crippen molar-refractivity contribution in [2.24, 2.45) is 0 Å². The predicted octanol–water partition coefficient (Wildman–Crippen LogP) is 10.3. The zero-order valence-electron chi connectivity index (χ0n) is 26.9. The van der Waals surface area contributed by atoms with E-state index in [0.29, 0.717) is 12.1 Å². The van der Waals surface area contributed by atoms with Gasteiger partial charge in [-0.15, -0.1) is 0 Å². The zero-order valence-corrected chi connectivity index (χ0v) is 26.9. The second-order valence-corrected chi connectivity index (χ2v) is 13.4. The molecule has 0 spiro atoms. The number of hydrogen-bond acceptors (Lipinski definition) is 2. The summed E-state index contributed by atoms with van der Waals surface area (Å²) in [6.07, 6.45) is 39.9. The van der Waals surface area contributed by atoms with Crippen molar-refractivity contribution < 1.29 is 0 Å². The van der Waals surface area contributed by atoms with Gasteiger partial charge in [0.2, 0.25) is 0 Å². The van der Waals surface area contributed by atoms with Gasteiger partial charge in [0.25, 0.3) is 0 Å². The normalized spacial score (nSPS) is 24.1. The number of rotatable bonds is 6. The Hall–Kier alpha value is -5.02. The van der Waals surface area contributed by atoms with E-state index in [4.69, 9.17) is 0 Å². The van der Waals surface area contributed by atoms with Crippen molar-refractivity contribution in [3.63, 3.8) is 0 Å². The lowest BCUT2D eigenvalue weighted by molar-refractivity contribution is 0.354. The second-order valence-electron chi connectivity index (χ2n) is 13.4. The average Bonchev–Trinajstić information content (AvgIpc) is 3.66. The van der Waals surface area contributed by atoms with Gasteiger partial charge in [0.05, 0.1) is 23.6 Å². The number of hydrogen-bond donors (Lipinski definition) is 0. The topological polar surface area (TPSA) is 11.4 Å². The Morgan fingerprint density at radius 2 is 1.72 bits per heavy atom. The molecule has 3 aromatic rings. The first-order valence-corrected chi connectivity index (χ1v) is 17.4. The highest BCUT2D eigenvalue weighted by Gasteiger charge is 2.37. The molecule has 0 saturated carbocycles. The molecule has 47 heavy (non-hydrogen) atoms. The molecule has 9 rings (SSSR count). The summed E-state index contributed by atoms with van der Waals surface area (Å²) in [6.45, 7) is 4.01. The van der Waals surface area contributed by atoms with Gasteiger partial charge in [-0.2, -0.15) is 0 Å². The van der Waals surface area contributed by atoms with Crippen molar-refractivity contribution in [3.8, 4) is 0 Å². The highest BCUT2D eigenvalue weighted by atomic mass is 15.2. The molecule has 0 amide bonds. The highest BCUT2D eigenvalue weighted by molar-refractivity contribution is 5.92. The van der Waals surface area contributed by atoms with E-state index >= 15 is 0 Å². The van der Waals surface area contributed by atoms with Crippen molar-refractivity contribution in [2.45, 2.75) is 63.1 Å². The summed E-state index contributed by atoms with van der Waals surface area (Å²) in [7, 11) is 0. The van der Waals surface area contributed by atoms with Gasteiger partial charge in [-0.3, -0.25) is 0 Å². The molecule has 3 heteroatoms. The summed E-state index contributed by atoms with van der Waals surface area (Å²) in [5.74, 6) is 0. The lowest BCUT2D eigenvalue weighted by Crippen LogP contribution is -2.41. The number of aryl methyl sites for hydroxylation is 1. The van der Waals surface area contributed by atoms with Crippen LogP contribution in [0.1, 0.15) is 55.3 Å². The number of allylic oxidation sites excluding steroid dienone is 11. The summed E-state index contributed by atoms with van der Waals surface area (Å²) in [6, 6.07) is 19.0. The minimum Gasteiger partial charge on any atom is -0.357 e. The minimum absolute atomic E-state index is 0.279. The third-order valence-electron chi connectivity index (χ3n) is 10.9. The van der Waals surface area contributed by atoms with Gasteiger partial charge in [0.1, 0.15) is 0 Å². The smallest absolute Gasteiger partial charge is 0.0590 e. The summed E-state index contributed by atoms with van der Waals surface area (Å²) in [5.41, 5.74) is 13.7. The van der Waals surface area contributed by atoms with Crippen LogP contribution in [0.3, 0.4) is 0 Å². The van der Waals surface area contributed by atoms with E-state index in [1.807, 2.05) is 6.08 Å². The van der Waals surface area contributed by atoms with Crippen LogP contribution in [0.25, 0.3) is 28.2 Å². The zero-order chi connectivity index (χ0) is 31.3. The maximum absolute atomic E-state index is 4.01. The molecule has 1 aromatic heterocycles. The van der Waals surface area contributed by atoms with Gasteiger partial charge < -0.3 is 14.4 Å². The Morgan fingerprint density at radius 3 is 2.55 bits per heavy atom. The van der Waals surface area contributed by atoms with Crippen LogP contribution in [0.15, 0.2) is 151 Å². The molecular formula is C44H41N3. The molecule has 3 nitrogen and oxygen atoms in total. The van der Waals surface area contributed by atoms with Crippen molar-refractivity contribution in [1.82, 2.24) is 9.47 Å². The minimum atomic E-state index is 0.279. The number of benzene rings is 2. The lowest BCUT2D eigenvalue weighted by Gasteiger charge is -2.40. The van der Waals surface area contributed by atoms with Crippen LogP contribution in [-0.2, 0) is 6.42 Å². The van der Waals surface area contributed by atoms with E-state index in [9.17, 15) is 0 Å². The van der Waals surface area contributed by atoms with Crippen LogP contribution in [0.5, 0.6) is 0 Å². The van der Waals surface area contributed by atoms with Crippen LogP contribution < -0.4 is 4.90 Å². The Bertz CT molecular complexity index is 2060. The molecule has 0 fully saturated rings. The maximum atomic E-state index is 4.01. The number of aromatic nitrogens is 1. The third kappa shape index (κ3) is 4.71. The summed E-state index contributed by atoms with van der Waals surface area (Å²) in [4.78, 5) is 5.28. The van der Waals surface area contributed by atoms with E-state index < -0.39 is 0 Å². The summed E-state index contributed by atoms with van der Waals surface area (Å²) >= 11 is 0. The van der Waals surface area contributed by atoms with Crippen LogP contribution in [0.4, 0.5) is 5.69 Å². The monoisotopic (exact) mass is 611 g/mol. The standard InChI is InChI=1S/C44H41N3/c1-2-31-19-21-32(22-20-31)45(33-23-27-35(28-24-33)46-41-15-7-3-11-37(41)38-12-4-8-16-42(38)46)34-25-29-36(30-26-34)47-43-17-9-5-13-39(43)40-14-6-10-18-44(40)47/h2-5,7-13,15,17-21,23-25,27,29,32,35,42H,1,6,14,16,22,26,28,30H2/t32-,35+,42+/m0/s1. The molecule has 1 aliphatic heterocycles. The Labute approximate surface area is 278 Å². The molecule has 232 valence electrons. The Kier molecular flexibility index (Phi) is 7.00. The number of anilines is 1. The van der Waals surface area contributed by atoms with Crippen LogP contribution >= 0.6 is 0 Å². The van der Waals surface area contributed by atoms with Gasteiger partial charge in [-0.25, -0.2) is 0 Å². The van der Waals surface area contributed by atoms with Gasteiger partial charge >= 0.3 is 0 Å². The molecule has 5 aliphatic carbocycles. The van der Waals surface area contributed by atoms with Crippen LogP contribution in [-0.4, -0.2) is 27.6 Å². The van der Waals surface area contributed by atoms with E-state index in [2.05, 4.69) is 148 Å². The molecule has 3 atom stereocenters. The predicted molar refractivity (Wildman–Crippen MR) is 199 cm³/mol. The molecule has 0 N–H and O–H groups in total. The molecule has 2 aromatic carbocycles. The first-order chi connectivity index (χ1) is 23.3. The van der Waals surface area contributed by atoms with E-state index in [1.54, 1.807) is 0 Å². The van der Waals surface area contributed by atoms with Crippen LogP contribution in [0.2, 0.25) is 0 Å². The fourth-order valence-electron chi connectivity index (χ4n) is 8.69. The van der Waals surface area contributed by atoms with Crippen LogP contribution in [0, 0.1) is 0 Å². The second kappa shape index (κ2) is 11.7. The van der Waals surface area contributed by atoms with Crippen molar-refractivity contribution in [2.75, 3.05) is 4.90 Å². The van der Waals surface area contributed by atoms with E-state index in [-0.39, 0.29) is 6.04 Å². The number of fused-ring (bicyclic) bond motifs is 6. The van der Waals surface area contributed by atoms with E-state index in [1.165, 1.54) is 61.6 Å². The molecule has 6 aliphatic rings. The highest BCUT2D eigenvalue weighted by Crippen LogP contribution is 2.46. The summed E-state index contributed by atoms with van der Waals surface area (Å²) < 4.78 is 2.53. The number of para-hydroxylation sites is 2. The summed E-state index contributed by atoms with van der Waals surface area (Å²) in [5, 5.41) is 1.40. The fourth-order valence-corrected chi connectivity index (χ4v) is 8.69. The molecule has 0 bridgehead atoms. The lowest BCUT2D eigenvalue weighted by atomic mass is 9.94.